The van der Waals surface area contributed by atoms with E-state index in [1.807, 2.05) is 0 Å². The average Bonchev–Trinajstić information content (AvgIpc) is 2.74. The second-order valence-electron chi connectivity index (χ2n) is 3.85. The second kappa shape index (κ2) is 5.03. The molecule has 1 saturated heterocycles. The van der Waals surface area contributed by atoms with Crippen molar-refractivity contribution in [2.75, 3.05) is 24.1 Å². The summed E-state index contributed by atoms with van der Waals surface area (Å²) >= 11 is 5.91. The van der Waals surface area contributed by atoms with Crippen LogP contribution in [-0.4, -0.2) is 33.7 Å². The van der Waals surface area contributed by atoms with Crippen LogP contribution in [0.2, 0.25) is 5.02 Å². The normalized spacial score (nSPS) is 14.9. The number of nitrogens with one attached hydrogen (secondary N) is 3. The highest BCUT2D eigenvalue weighted by Gasteiger charge is 2.09. The van der Waals surface area contributed by atoms with Gasteiger partial charge < -0.3 is 10.6 Å². The maximum absolute atomic E-state index is 11.2. The van der Waals surface area contributed by atoms with Crippen LogP contribution in [0.3, 0.4) is 0 Å². The van der Waals surface area contributed by atoms with Gasteiger partial charge in [0.15, 0.2) is 5.96 Å². The minimum atomic E-state index is -3.36. The smallest absolute Gasteiger partial charge is 0.229 e. The van der Waals surface area contributed by atoms with Crippen LogP contribution < -0.4 is 15.4 Å². The van der Waals surface area contributed by atoms with Crippen LogP contribution in [0.1, 0.15) is 0 Å². The number of aliphatic imine (C=N–C) groups is 1. The van der Waals surface area contributed by atoms with Gasteiger partial charge in [0.1, 0.15) is 0 Å². The number of benzene rings is 1. The number of halogens is 1. The van der Waals surface area contributed by atoms with Gasteiger partial charge >= 0.3 is 0 Å². The highest BCUT2D eigenvalue weighted by Crippen LogP contribution is 2.27. The number of nitrogens with zero attached hydrogens (tertiary/aromatic N) is 1. The van der Waals surface area contributed by atoms with Gasteiger partial charge in [-0.3, -0.25) is 4.72 Å². The van der Waals surface area contributed by atoms with Gasteiger partial charge in [-0.25, -0.2) is 13.4 Å². The molecule has 0 radical (unpaired) electrons. The molecule has 1 aliphatic heterocycles. The molecule has 98 valence electrons. The number of guanidine groups is 1. The summed E-state index contributed by atoms with van der Waals surface area (Å²) < 4.78 is 24.7. The van der Waals surface area contributed by atoms with E-state index in [4.69, 9.17) is 11.6 Å². The van der Waals surface area contributed by atoms with E-state index in [0.717, 1.165) is 19.3 Å². The van der Waals surface area contributed by atoms with Gasteiger partial charge in [-0.1, -0.05) is 11.6 Å². The first-order chi connectivity index (χ1) is 8.44. The van der Waals surface area contributed by atoms with Crippen LogP contribution in [0.15, 0.2) is 23.2 Å². The summed E-state index contributed by atoms with van der Waals surface area (Å²) in [5, 5.41) is 6.44. The molecule has 3 N–H and O–H groups in total. The number of rotatable bonds is 3. The zero-order chi connectivity index (χ0) is 13.2. The van der Waals surface area contributed by atoms with Crippen molar-refractivity contribution < 1.29 is 8.42 Å². The fourth-order valence-corrected chi connectivity index (χ4v) is 2.28. The standard InChI is InChI=1S/C10H13ClN4O2S/c1-18(16,17)15-9-6-7(2-3-8(9)11)14-10-12-4-5-13-10/h2-3,6,15H,4-5H2,1H3,(H2,12,13,14). The fraction of sp³-hybridized carbons (Fsp3) is 0.300. The first-order valence-corrected chi connectivity index (χ1v) is 7.55. The molecule has 0 unspecified atom stereocenters. The van der Waals surface area contributed by atoms with Gasteiger partial charge in [0.25, 0.3) is 0 Å². The van der Waals surface area contributed by atoms with E-state index in [0.29, 0.717) is 22.4 Å². The SMILES string of the molecule is CS(=O)(=O)Nc1cc(N=C2NCCN2)ccc1Cl. The Hall–Kier alpha value is -1.47. The van der Waals surface area contributed by atoms with Crippen molar-refractivity contribution in [3.8, 4) is 0 Å². The van der Waals surface area contributed by atoms with Gasteiger partial charge in [-0.05, 0) is 18.2 Å². The van der Waals surface area contributed by atoms with Gasteiger partial charge in [0, 0.05) is 13.1 Å². The third kappa shape index (κ3) is 3.51. The molecule has 1 aromatic carbocycles. The third-order valence-electron chi connectivity index (χ3n) is 2.20. The summed E-state index contributed by atoms with van der Waals surface area (Å²) in [7, 11) is -3.36. The monoisotopic (exact) mass is 288 g/mol. The predicted molar refractivity (Wildman–Crippen MR) is 73.0 cm³/mol. The Morgan fingerprint density at radius 2 is 2.00 bits per heavy atom. The third-order valence-corrected chi connectivity index (χ3v) is 3.12. The molecular weight excluding hydrogens is 276 g/mol. The van der Waals surface area contributed by atoms with E-state index in [2.05, 4.69) is 20.3 Å². The molecule has 1 aliphatic rings. The molecule has 2 rings (SSSR count). The first kappa shape index (κ1) is 13.0. The lowest BCUT2D eigenvalue weighted by molar-refractivity contribution is 0.607. The summed E-state index contributed by atoms with van der Waals surface area (Å²) in [5.74, 6) is 0.669. The van der Waals surface area contributed by atoms with Crippen LogP contribution in [-0.2, 0) is 10.0 Å². The maximum atomic E-state index is 11.2. The second-order valence-corrected chi connectivity index (χ2v) is 6.01. The topological polar surface area (TPSA) is 82.6 Å². The van der Waals surface area contributed by atoms with Gasteiger partial charge in [-0.15, -0.1) is 0 Å². The minimum absolute atomic E-state index is 0.319. The lowest BCUT2D eigenvalue weighted by Crippen LogP contribution is -2.23. The molecule has 0 aromatic heterocycles. The molecule has 0 amide bonds. The van der Waals surface area contributed by atoms with Crippen molar-refractivity contribution in [3.63, 3.8) is 0 Å². The van der Waals surface area contributed by atoms with E-state index >= 15 is 0 Å². The highest BCUT2D eigenvalue weighted by atomic mass is 35.5. The van der Waals surface area contributed by atoms with Gasteiger partial charge in [-0.2, -0.15) is 0 Å². The molecule has 0 aliphatic carbocycles. The van der Waals surface area contributed by atoms with Crippen molar-refractivity contribution in [3.05, 3.63) is 23.2 Å². The molecule has 0 bridgehead atoms. The van der Waals surface area contributed by atoms with Crippen LogP contribution in [0.25, 0.3) is 0 Å². The van der Waals surface area contributed by atoms with Crippen molar-refractivity contribution in [2.45, 2.75) is 0 Å². The summed E-state index contributed by atoms with van der Waals surface area (Å²) in [4.78, 5) is 4.29. The zero-order valence-corrected chi connectivity index (χ0v) is 11.3. The average molecular weight is 289 g/mol. The summed E-state index contributed by atoms with van der Waals surface area (Å²) in [6.07, 6.45) is 1.07. The molecule has 1 fully saturated rings. The molecule has 0 saturated carbocycles. The highest BCUT2D eigenvalue weighted by molar-refractivity contribution is 7.92. The van der Waals surface area contributed by atoms with Crippen molar-refractivity contribution in [1.82, 2.24) is 10.6 Å². The van der Waals surface area contributed by atoms with Crippen LogP contribution >= 0.6 is 11.6 Å². The molecular formula is C10H13ClN4O2S. The van der Waals surface area contributed by atoms with Crippen LogP contribution in [0, 0.1) is 0 Å². The minimum Gasteiger partial charge on any atom is -0.354 e. The Kier molecular flexibility index (Phi) is 3.63. The first-order valence-electron chi connectivity index (χ1n) is 5.28. The lowest BCUT2D eigenvalue weighted by atomic mass is 10.3. The quantitative estimate of drug-likeness (QED) is 0.771. The number of anilines is 1. The van der Waals surface area contributed by atoms with Gasteiger partial charge in [0.05, 0.1) is 22.7 Å². The molecule has 6 nitrogen and oxygen atoms in total. The number of hydrogen-bond acceptors (Lipinski definition) is 3. The maximum Gasteiger partial charge on any atom is 0.229 e. The Morgan fingerprint density at radius 3 is 2.61 bits per heavy atom. The zero-order valence-electron chi connectivity index (χ0n) is 9.70. The molecule has 18 heavy (non-hydrogen) atoms. The van der Waals surface area contributed by atoms with Crippen molar-refractivity contribution in [2.24, 2.45) is 4.99 Å². The lowest BCUT2D eigenvalue weighted by Gasteiger charge is -2.07. The van der Waals surface area contributed by atoms with Crippen molar-refractivity contribution >= 4 is 39.0 Å². The summed E-state index contributed by atoms with van der Waals surface area (Å²) in [6.45, 7) is 1.64. The molecule has 0 spiro atoms. The molecule has 8 heteroatoms. The van der Waals surface area contributed by atoms with Crippen LogP contribution in [0.5, 0.6) is 0 Å². The summed E-state index contributed by atoms with van der Waals surface area (Å²) in [5.41, 5.74) is 0.932. The largest absolute Gasteiger partial charge is 0.354 e. The number of hydrogen-bond donors (Lipinski definition) is 3. The van der Waals surface area contributed by atoms with E-state index in [1.165, 1.54) is 0 Å². The van der Waals surface area contributed by atoms with Gasteiger partial charge in [0.2, 0.25) is 10.0 Å². The van der Waals surface area contributed by atoms with E-state index in [1.54, 1.807) is 18.2 Å². The fourth-order valence-electron chi connectivity index (χ4n) is 1.49. The van der Waals surface area contributed by atoms with Crippen molar-refractivity contribution in [1.29, 1.82) is 0 Å². The Balaban J connectivity index is 2.28. The van der Waals surface area contributed by atoms with E-state index in [9.17, 15) is 8.42 Å². The molecule has 1 heterocycles. The molecule has 1 aromatic rings. The Morgan fingerprint density at radius 1 is 1.33 bits per heavy atom. The predicted octanol–water partition coefficient (Wildman–Crippen LogP) is 0.892. The van der Waals surface area contributed by atoms with Crippen LogP contribution in [0.4, 0.5) is 11.4 Å². The Bertz CT molecular complexity index is 578. The number of sulfonamides is 1. The van der Waals surface area contributed by atoms with E-state index < -0.39 is 10.0 Å². The molecule has 0 atom stereocenters. The Labute approximate surface area is 110 Å². The summed E-state index contributed by atoms with van der Waals surface area (Å²) in [6, 6.07) is 4.89. The van der Waals surface area contributed by atoms with E-state index in [-0.39, 0.29) is 0 Å².